The molecule has 2 unspecified atom stereocenters. The second-order valence-corrected chi connectivity index (χ2v) is 14.1. The van der Waals surface area contributed by atoms with E-state index in [1.807, 2.05) is 0 Å². The predicted octanol–water partition coefficient (Wildman–Crippen LogP) is 0.551. The molecular formula is C28H33Cl2N5O12S. The van der Waals surface area contributed by atoms with Crippen molar-refractivity contribution in [1.29, 1.82) is 0 Å². The molecule has 262 valence electrons. The van der Waals surface area contributed by atoms with Gasteiger partial charge in [0.15, 0.2) is 15.2 Å². The van der Waals surface area contributed by atoms with Crippen molar-refractivity contribution >= 4 is 69.0 Å². The van der Waals surface area contributed by atoms with Crippen molar-refractivity contribution in [2.45, 2.75) is 43.8 Å². The summed E-state index contributed by atoms with van der Waals surface area (Å²) < 4.78 is 36.3. The number of nitrogens with one attached hydrogen (secondary N) is 3. The summed E-state index contributed by atoms with van der Waals surface area (Å²) in [7, 11) is -4.25. The van der Waals surface area contributed by atoms with Gasteiger partial charge in [-0.3, -0.25) is 19.3 Å². The number of fused-ring (bicyclic) bond motifs is 1. The summed E-state index contributed by atoms with van der Waals surface area (Å²) in [5.74, 6) is -6.00. The number of carboxylic acids is 1. The van der Waals surface area contributed by atoms with Crippen molar-refractivity contribution in [2.75, 3.05) is 38.5 Å². The molecule has 5 N–H and O–H groups in total. The quantitative estimate of drug-likeness (QED) is 0.112. The minimum Gasteiger partial charge on any atom is -0.477 e. The summed E-state index contributed by atoms with van der Waals surface area (Å²) in [4.78, 5) is 75.7. The van der Waals surface area contributed by atoms with Crippen LogP contribution in [0, 0.1) is 5.92 Å². The fourth-order valence-electron chi connectivity index (χ4n) is 5.66. The molecule has 20 heteroatoms. The first-order valence-electron chi connectivity index (χ1n) is 14.6. The minimum absolute atomic E-state index is 0.0390. The topological polar surface area (TPSA) is 238 Å². The zero-order valence-electron chi connectivity index (χ0n) is 25.4. The molecule has 1 aromatic carbocycles. The molecule has 0 spiro atoms. The summed E-state index contributed by atoms with van der Waals surface area (Å²) in [5.41, 5.74) is -0.423. The first-order valence-corrected chi connectivity index (χ1v) is 17.1. The maximum absolute atomic E-state index is 13.7. The molecule has 2 saturated heterocycles. The van der Waals surface area contributed by atoms with Crippen LogP contribution in [0.15, 0.2) is 29.5 Å². The van der Waals surface area contributed by atoms with E-state index in [0.717, 1.165) is 11.8 Å². The number of hydrogen-bond donors (Lipinski definition) is 5. The number of amides is 4. The van der Waals surface area contributed by atoms with Crippen LogP contribution in [0.25, 0.3) is 0 Å². The fourth-order valence-corrected chi connectivity index (χ4v) is 8.13. The number of carbonyl (C=O) groups is 6. The largest absolute Gasteiger partial charge is 0.477 e. The van der Waals surface area contributed by atoms with Gasteiger partial charge in [-0.15, -0.1) is 0 Å². The lowest BCUT2D eigenvalue weighted by molar-refractivity contribution is -0.152. The Balaban J connectivity index is 1.43. The van der Waals surface area contributed by atoms with E-state index in [-0.39, 0.29) is 51.2 Å². The van der Waals surface area contributed by atoms with Crippen molar-refractivity contribution in [3.8, 4) is 0 Å². The minimum atomic E-state index is -4.25. The van der Waals surface area contributed by atoms with Gasteiger partial charge in [-0.05, 0) is 25.0 Å². The first kappa shape index (κ1) is 36.7. The van der Waals surface area contributed by atoms with E-state index in [2.05, 4.69) is 16.0 Å². The second kappa shape index (κ2) is 15.4. The standard InChI is InChI=1S/C28H33Cl2N5O12S/c1-14(36)46-12-16-13-48(44,45)25-21(24(38)35(25)22(16)26(39)40)33-23(37)18(20-10-34(28(42)43)8-7-31-20)3-2-6-32-27(41)47-11-15-4-5-17(29)9-19(15)30/h4-5,9,18,20-21,25,31H,2-3,6-8,10-13H2,1H3,(H,32,41)(H,33,37)(H,39,40)(H,42,43)/t18?,20?,21-,25+/m1/s1. The molecule has 0 bridgehead atoms. The van der Waals surface area contributed by atoms with E-state index in [9.17, 15) is 47.4 Å². The van der Waals surface area contributed by atoms with Crippen LogP contribution in [0.5, 0.6) is 0 Å². The number of alkyl carbamates (subject to hydrolysis) is 1. The molecule has 2 fully saturated rings. The van der Waals surface area contributed by atoms with E-state index in [4.69, 9.17) is 32.7 Å². The zero-order chi connectivity index (χ0) is 35.3. The summed E-state index contributed by atoms with van der Waals surface area (Å²) in [6.07, 6.45) is -1.72. The van der Waals surface area contributed by atoms with Crippen LogP contribution >= 0.6 is 23.2 Å². The Morgan fingerprint density at radius 1 is 1.12 bits per heavy atom. The highest BCUT2D eigenvalue weighted by Crippen LogP contribution is 2.37. The molecule has 17 nitrogen and oxygen atoms in total. The average molecular weight is 735 g/mol. The van der Waals surface area contributed by atoms with Gasteiger partial charge in [-0.2, -0.15) is 0 Å². The number of β-lactam (4-membered cyclic amide) rings is 1. The lowest BCUT2D eigenvalue weighted by Gasteiger charge is -2.49. The van der Waals surface area contributed by atoms with Gasteiger partial charge < -0.3 is 40.5 Å². The SMILES string of the molecule is CC(=O)OCC1=C(C(=O)O)N2C(=O)[C@@H](NC(=O)C(CCCNC(=O)OCc3ccc(Cl)cc3Cl)C3CN(C(=O)O)CCN3)[C@@H]2S(=O)(=O)C1. The maximum Gasteiger partial charge on any atom is 0.407 e. The zero-order valence-corrected chi connectivity index (χ0v) is 27.8. The number of ether oxygens (including phenoxy) is 2. The number of nitrogens with zero attached hydrogens (tertiary/aromatic N) is 2. The van der Waals surface area contributed by atoms with E-state index < -0.39 is 87.2 Å². The third kappa shape index (κ3) is 8.47. The Morgan fingerprint density at radius 3 is 2.50 bits per heavy atom. The van der Waals surface area contributed by atoms with Crippen molar-refractivity contribution < 1.29 is 56.9 Å². The number of benzene rings is 1. The van der Waals surface area contributed by atoms with Gasteiger partial charge in [0.25, 0.3) is 5.91 Å². The van der Waals surface area contributed by atoms with Gasteiger partial charge in [-0.1, -0.05) is 29.3 Å². The van der Waals surface area contributed by atoms with Crippen LogP contribution < -0.4 is 16.0 Å². The van der Waals surface area contributed by atoms with Gasteiger partial charge in [-0.25, -0.2) is 22.8 Å². The van der Waals surface area contributed by atoms with E-state index in [0.29, 0.717) is 20.5 Å². The molecule has 3 aliphatic rings. The second-order valence-electron chi connectivity index (χ2n) is 11.2. The van der Waals surface area contributed by atoms with Crippen molar-refractivity contribution in [2.24, 2.45) is 5.92 Å². The average Bonchev–Trinajstić information content (AvgIpc) is 3.01. The van der Waals surface area contributed by atoms with Crippen LogP contribution in [0.4, 0.5) is 9.59 Å². The highest BCUT2D eigenvalue weighted by Gasteiger charge is 2.61. The highest BCUT2D eigenvalue weighted by molar-refractivity contribution is 7.92. The number of esters is 1. The summed E-state index contributed by atoms with van der Waals surface area (Å²) in [5, 5.41) is 26.4. The molecule has 0 aromatic heterocycles. The Bertz CT molecular complexity index is 1640. The Morgan fingerprint density at radius 2 is 1.85 bits per heavy atom. The maximum atomic E-state index is 13.7. The number of halogens is 2. The lowest BCUT2D eigenvalue weighted by Crippen LogP contribution is -2.75. The Hall–Kier alpha value is -4.13. The smallest absolute Gasteiger partial charge is 0.407 e. The number of carbonyl (C=O) groups excluding carboxylic acids is 4. The van der Waals surface area contributed by atoms with Crippen molar-refractivity contribution in [1.82, 2.24) is 25.8 Å². The van der Waals surface area contributed by atoms with Gasteiger partial charge >= 0.3 is 24.1 Å². The molecular weight excluding hydrogens is 701 g/mol. The van der Waals surface area contributed by atoms with Crippen LogP contribution in [0.2, 0.25) is 10.0 Å². The molecule has 0 aliphatic carbocycles. The first-order chi connectivity index (χ1) is 22.6. The van der Waals surface area contributed by atoms with Crippen molar-refractivity contribution in [3.63, 3.8) is 0 Å². The molecule has 48 heavy (non-hydrogen) atoms. The molecule has 4 amide bonds. The third-order valence-electron chi connectivity index (χ3n) is 7.95. The summed E-state index contributed by atoms with van der Waals surface area (Å²) in [6, 6.07) is 2.32. The number of aliphatic carboxylic acids is 1. The lowest BCUT2D eigenvalue weighted by atomic mass is 9.90. The van der Waals surface area contributed by atoms with Crippen LogP contribution in [0.1, 0.15) is 25.3 Å². The monoisotopic (exact) mass is 733 g/mol. The van der Waals surface area contributed by atoms with E-state index >= 15 is 0 Å². The van der Waals surface area contributed by atoms with Gasteiger partial charge in [0.1, 0.15) is 25.0 Å². The highest BCUT2D eigenvalue weighted by atomic mass is 35.5. The van der Waals surface area contributed by atoms with Gasteiger partial charge in [0, 0.05) is 60.3 Å². The van der Waals surface area contributed by atoms with Gasteiger partial charge in [0.05, 0.1) is 11.7 Å². The molecule has 0 radical (unpaired) electrons. The summed E-state index contributed by atoms with van der Waals surface area (Å²) in [6.45, 7) is 0.570. The van der Waals surface area contributed by atoms with Crippen molar-refractivity contribution in [3.05, 3.63) is 45.1 Å². The Labute approximate surface area is 284 Å². The third-order valence-corrected chi connectivity index (χ3v) is 10.5. The molecule has 0 saturated carbocycles. The number of rotatable bonds is 12. The van der Waals surface area contributed by atoms with Crippen LogP contribution in [-0.4, -0.2) is 120 Å². The number of carboxylic acid groups (broad SMARTS) is 2. The molecule has 4 rings (SSSR count). The summed E-state index contributed by atoms with van der Waals surface area (Å²) >= 11 is 12.0. The molecule has 3 heterocycles. The molecule has 1 aromatic rings. The number of sulfone groups is 1. The fraction of sp³-hybridized carbons (Fsp3) is 0.500. The normalized spacial score (nSPS) is 22.1. The van der Waals surface area contributed by atoms with Gasteiger partial charge in [0.2, 0.25) is 5.91 Å². The number of piperazine rings is 1. The van der Waals surface area contributed by atoms with Crippen LogP contribution in [0.3, 0.4) is 0 Å². The van der Waals surface area contributed by atoms with Crippen LogP contribution in [-0.2, 0) is 45.1 Å². The van der Waals surface area contributed by atoms with E-state index in [1.165, 1.54) is 6.07 Å². The number of hydrogen-bond acceptors (Lipinski definition) is 11. The Kier molecular flexibility index (Phi) is 11.8. The molecule has 3 aliphatic heterocycles. The molecule has 4 atom stereocenters. The predicted molar refractivity (Wildman–Crippen MR) is 166 cm³/mol. The van der Waals surface area contributed by atoms with E-state index in [1.54, 1.807) is 12.1 Å².